The Morgan fingerprint density at radius 2 is 1.81 bits per heavy atom. The average Bonchev–Trinajstić information content (AvgIpc) is 2.64. The van der Waals surface area contributed by atoms with E-state index in [0.717, 1.165) is 5.56 Å². The molecule has 0 spiro atoms. The number of esters is 1. The van der Waals surface area contributed by atoms with Crippen LogP contribution in [0.2, 0.25) is 0 Å². The van der Waals surface area contributed by atoms with E-state index in [1.165, 1.54) is 29.2 Å². The fourth-order valence-corrected chi connectivity index (χ4v) is 2.27. The van der Waals surface area contributed by atoms with Gasteiger partial charge in [0.2, 0.25) is 0 Å². The fraction of sp³-hybridized carbons (Fsp3) is 0.211. The Balaban J connectivity index is 1.83. The SMILES string of the molecule is CN(Cc1cccc(F)c1)C(=O)COC(=O)c1ccc(CNC(N)=O)cc1. The van der Waals surface area contributed by atoms with E-state index in [1.807, 2.05) is 0 Å². The molecule has 0 bridgehead atoms. The number of ether oxygens (including phenoxy) is 1. The molecule has 0 saturated heterocycles. The highest BCUT2D eigenvalue weighted by Crippen LogP contribution is 2.08. The summed E-state index contributed by atoms with van der Waals surface area (Å²) in [7, 11) is 1.54. The van der Waals surface area contributed by atoms with Crippen molar-refractivity contribution in [3.05, 3.63) is 71.0 Å². The van der Waals surface area contributed by atoms with Crippen molar-refractivity contribution in [2.24, 2.45) is 5.73 Å². The number of rotatable bonds is 7. The van der Waals surface area contributed by atoms with Gasteiger partial charge in [-0.15, -0.1) is 0 Å². The predicted octanol–water partition coefficient (Wildman–Crippen LogP) is 1.81. The van der Waals surface area contributed by atoms with Gasteiger partial charge in [-0.2, -0.15) is 0 Å². The number of urea groups is 1. The number of carbonyl (C=O) groups is 3. The molecular formula is C19H20FN3O4. The summed E-state index contributed by atoms with van der Waals surface area (Å²) in [6.45, 7) is 0.0271. The van der Waals surface area contributed by atoms with Crippen LogP contribution in [0.25, 0.3) is 0 Å². The molecule has 0 atom stereocenters. The van der Waals surface area contributed by atoms with Crippen molar-refractivity contribution < 1.29 is 23.5 Å². The van der Waals surface area contributed by atoms with E-state index in [2.05, 4.69) is 5.32 Å². The van der Waals surface area contributed by atoms with Gasteiger partial charge in [0, 0.05) is 20.1 Å². The van der Waals surface area contributed by atoms with Gasteiger partial charge >= 0.3 is 12.0 Å². The maximum Gasteiger partial charge on any atom is 0.338 e. The van der Waals surface area contributed by atoms with Gasteiger partial charge in [0.1, 0.15) is 5.82 Å². The predicted molar refractivity (Wildman–Crippen MR) is 96.0 cm³/mol. The van der Waals surface area contributed by atoms with E-state index in [9.17, 15) is 18.8 Å². The number of nitrogens with two attached hydrogens (primary N) is 1. The van der Waals surface area contributed by atoms with E-state index in [1.54, 1.807) is 31.3 Å². The van der Waals surface area contributed by atoms with Crippen molar-refractivity contribution in [1.29, 1.82) is 0 Å². The van der Waals surface area contributed by atoms with Crippen LogP contribution >= 0.6 is 0 Å². The van der Waals surface area contributed by atoms with Crippen LogP contribution in [0.15, 0.2) is 48.5 Å². The van der Waals surface area contributed by atoms with Crippen LogP contribution in [0.4, 0.5) is 9.18 Å². The quantitative estimate of drug-likeness (QED) is 0.723. The molecule has 0 fully saturated rings. The Bertz CT molecular complexity index is 824. The van der Waals surface area contributed by atoms with Crippen molar-refractivity contribution >= 4 is 17.9 Å². The van der Waals surface area contributed by atoms with Crippen molar-refractivity contribution in [3.63, 3.8) is 0 Å². The molecule has 0 aliphatic rings. The standard InChI is InChI=1S/C19H20FN3O4/c1-23(11-14-3-2-4-16(20)9-14)17(24)12-27-18(25)15-7-5-13(6-8-15)10-22-19(21)26/h2-9H,10-12H2,1H3,(H3,21,22,26). The zero-order valence-electron chi connectivity index (χ0n) is 14.8. The van der Waals surface area contributed by atoms with E-state index in [0.29, 0.717) is 5.56 Å². The highest BCUT2D eigenvalue weighted by Gasteiger charge is 2.14. The second kappa shape index (κ2) is 9.33. The minimum absolute atomic E-state index is 0.204. The summed E-state index contributed by atoms with van der Waals surface area (Å²) in [4.78, 5) is 36.1. The summed E-state index contributed by atoms with van der Waals surface area (Å²) in [5.74, 6) is -1.43. The number of hydrogen-bond acceptors (Lipinski definition) is 4. The molecule has 2 rings (SSSR count). The molecule has 27 heavy (non-hydrogen) atoms. The molecule has 0 heterocycles. The average molecular weight is 373 g/mol. The second-order valence-electron chi connectivity index (χ2n) is 5.87. The number of nitrogens with zero attached hydrogens (tertiary/aromatic N) is 1. The molecule has 0 unspecified atom stereocenters. The van der Waals surface area contributed by atoms with E-state index in [-0.39, 0.29) is 24.5 Å². The first kappa shape index (κ1) is 19.9. The molecule has 0 saturated carbocycles. The maximum atomic E-state index is 13.2. The van der Waals surface area contributed by atoms with Gasteiger partial charge in [-0.1, -0.05) is 24.3 Å². The molecule has 2 aromatic carbocycles. The van der Waals surface area contributed by atoms with Crippen LogP contribution in [0, 0.1) is 5.82 Å². The van der Waals surface area contributed by atoms with Gasteiger partial charge in [0.05, 0.1) is 5.56 Å². The van der Waals surface area contributed by atoms with Gasteiger partial charge in [0.15, 0.2) is 6.61 Å². The Labute approximate surface area is 155 Å². The van der Waals surface area contributed by atoms with Crippen LogP contribution in [-0.2, 0) is 22.6 Å². The fourth-order valence-electron chi connectivity index (χ4n) is 2.27. The highest BCUT2D eigenvalue weighted by molar-refractivity contribution is 5.91. The topological polar surface area (TPSA) is 102 Å². The number of nitrogens with one attached hydrogen (secondary N) is 1. The second-order valence-corrected chi connectivity index (χ2v) is 5.87. The van der Waals surface area contributed by atoms with Gasteiger partial charge in [-0.25, -0.2) is 14.0 Å². The van der Waals surface area contributed by atoms with Gasteiger partial charge in [-0.05, 0) is 35.4 Å². The lowest BCUT2D eigenvalue weighted by Crippen LogP contribution is -2.30. The lowest BCUT2D eigenvalue weighted by atomic mass is 10.1. The number of hydrogen-bond donors (Lipinski definition) is 2. The summed E-state index contributed by atoms with van der Waals surface area (Å²) < 4.78 is 18.2. The molecule has 0 aliphatic carbocycles. The molecule has 0 aromatic heterocycles. The molecule has 3 amide bonds. The third-order valence-corrected chi connectivity index (χ3v) is 3.72. The normalized spacial score (nSPS) is 10.1. The summed E-state index contributed by atoms with van der Waals surface area (Å²) in [5, 5.41) is 2.44. The number of halogens is 1. The van der Waals surface area contributed by atoms with E-state index >= 15 is 0 Å². The lowest BCUT2D eigenvalue weighted by molar-refractivity contribution is -0.133. The van der Waals surface area contributed by atoms with Crippen LogP contribution < -0.4 is 11.1 Å². The van der Waals surface area contributed by atoms with Crippen molar-refractivity contribution in [3.8, 4) is 0 Å². The van der Waals surface area contributed by atoms with Gasteiger partial charge in [-0.3, -0.25) is 4.79 Å². The van der Waals surface area contributed by atoms with Gasteiger partial charge in [0.25, 0.3) is 5.91 Å². The van der Waals surface area contributed by atoms with Crippen molar-refractivity contribution in [2.75, 3.05) is 13.7 Å². The Morgan fingerprint density at radius 1 is 1.11 bits per heavy atom. The number of likely N-dealkylation sites (N-methyl/N-ethyl adjacent to an activating group) is 1. The van der Waals surface area contributed by atoms with Crippen LogP contribution in [0.1, 0.15) is 21.5 Å². The molecule has 0 aliphatic heterocycles. The number of primary amides is 1. The summed E-state index contributed by atoms with van der Waals surface area (Å²) in [5.41, 5.74) is 6.66. The van der Waals surface area contributed by atoms with Crippen LogP contribution in [0.3, 0.4) is 0 Å². The Hall–Kier alpha value is -3.42. The molecule has 0 radical (unpaired) electrons. The summed E-state index contributed by atoms with van der Waals surface area (Å²) in [6, 6.07) is 11.6. The van der Waals surface area contributed by atoms with Gasteiger partial charge < -0.3 is 20.7 Å². The zero-order valence-corrected chi connectivity index (χ0v) is 14.8. The Morgan fingerprint density at radius 3 is 2.44 bits per heavy atom. The van der Waals surface area contributed by atoms with E-state index < -0.39 is 24.5 Å². The minimum atomic E-state index is -0.642. The molecule has 7 nitrogen and oxygen atoms in total. The first-order valence-electron chi connectivity index (χ1n) is 8.13. The molecule has 142 valence electrons. The number of benzene rings is 2. The third kappa shape index (κ3) is 6.43. The smallest absolute Gasteiger partial charge is 0.338 e. The highest BCUT2D eigenvalue weighted by atomic mass is 19.1. The summed E-state index contributed by atoms with van der Waals surface area (Å²) in [6.07, 6.45) is 0. The molecule has 8 heteroatoms. The molecular weight excluding hydrogens is 353 g/mol. The van der Waals surface area contributed by atoms with Crippen molar-refractivity contribution in [1.82, 2.24) is 10.2 Å². The molecule has 3 N–H and O–H groups in total. The minimum Gasteiger partial charge on any atom is -0.452 e. The largest absolute Gasteiger partial charge is 0.452 e. The maximum absolute atomic E-state index is 13.2. The zero-order chi connectivity index (χ0) is 19.8. The number of carbonyl (C=O) groups excluding carboxylic acids is 3. The van der Waals surface area contributed by atoms with Crippen molar-refractivity contribution in [2.45, 2.75) is 13.1 Å². The number of amides is 3. The summed E-state index contributed by atoms with van der Waals surface area (Å²) >= 11 is 0. The van der Waals surface area contributed by atoms with Crippen LogP contribution in [-0.4, -0.2) is 36.5 Å². The molecule has 2 aromatic rings. The third-order valence-electron chi connectivity index (χ3n) is 3.72. The van der Waals surface area contributed by atoms with E-state index in [4.69, 9.17) is 10.5 Å². The Kier molecular flexibility index (Phi) is 6.87. The first-order valence-corrected chi connectivity index (χ1v) is 8.13. The lowest BCUT2D eigenvalue weighted by Gasteiger charge is -2.17. The first-order chi connectivity index (χ1) is 12.8. The monoisotopic (exact) mass is 373 g/mol. The van der Waals surface area contributed by atoms with Crippen LogP contribution in [0.5, 0.6) is 0 Å².